The van der Waals surface area contributed by atoms with Crippen LogP contribution < -0.4 is 25.4 Å². The SMILES string of the molecule is COc1ccc(C2CC(=O)Nc3nc(N4CCOCC4)sc32)cc1OCC(N)=O. The molecule has 1 unspecified atom stereocenters. The number of amides is 2. The third kappa shape index (κ3) is 4.13. The van der Waals surface area contributed by atoms with E-state index in [0.717, 1.165) is 28.7 Å². The highest BCUT2D eigenvalue weighted by Crippen LogP contribution is 2.44. The lowest BCUT2D eigenvalue weighted by atomic mass is 9.91. The van der Waals surface area contributed by atoms with Gasteiger partial charge in [0, 0.05) is 25.4 Å². The summed E-state index contributed by atoms with van der Waals surface area (Å²) in [5.41, 5.74) is 6.08. The van der Waals surface area contributed by atoms with Crippen LogP contribution in [-0.4, -0.2) is 56.8 Å². The van der Waals surface area contributed by atoms with E-state index in [-0.39, 0.29) is 18.4 Å². The van der Waals surface area contributed by atoms with Crippen molar-refractivity contribution in [2.75, 3.05) is 50.2 Å². The van der Waals surface area contributed by atoms with E-state index < -0.39 is 5.91 Å². The summed E-state index contributed by atoms with van der Waals surface area (Å²) >= 11 is 1.58. The summed E-state index contributed by atoms with van der Waals surface area (Å²) < 4.78 is 16.2. The summed E-state index contributed by atoms with van der Waals surface area (Å²) in [6.07, 6.45) is 0.305. The van der Waals surface area contributed by atoms with E-state index in [1.807, 2.05) is 6.07 Å². The number of carbonyl (C=O) groups excluding carboxylic acids is 2. The molecular weight excluding hydrogens is 396 g/mol. The summed E-state index contributed by atoms with van der Waals surface area (Å²) in [5.74, 6) is 0.690. The van der Waals surface area contributed by atoms with Gasteiger partial charge in [-0.05, 0) is 17.7 Å². The molecule has 0 saturated carbocycles. The first-order chi connectivity index (χ1) is 14.0. The number of nitrogens with zero attached hydrogens (tertiary/aromatic N) is 2. The molecule has 1 aromatic heterocycles. The van der Waals surface area contributed by atoms with Crippen LogP contribution in [0, 0.1) is 0 Å². The monoisotopic (exact) mass is 418 g/mol. The first-order valence-corrected chi connectivity index (χ1v) is 10.1. The second kappa shape index (κ2) is 8.26. The highest BCUT2D eigenvalue weighted by atomic mass is 32.1. The predicted octanol–water partition coefficient (Wildman–Crippen LogP) is 1.33. The topological polar surface area (TPSA) is 116 Å². The molecule has 154 valence electrons. The number of methoxy groups -OCH3 is 1. The number of aromatic nitrogens is 1. The van der Waals surface area contributed by atoms with Gasteiger partial charge in [0.05, 0.1) is 25.2 Å². The Labute approximate surface area is 171 Å². The van der Waals surface area contributed by atoms with E-state index in [0.29, 0.717) is 37.0 Å². The molecule has 29 heavy (non-hydrogen) atoms. The zero-order valence-electron chi connectivity index (χ0n) is 16.0. The number of rotatable bonds is 6. The van der Waals surface area contributed by atoms with Crippen LogP contribution in [0.15, 0.2) is 18.2 Å². The second-order valence-electron chi connectivity index (χ2n) is 6.78. The first kappa shape index (κ1) is 19.5. The van der Waals surface area contributed by atoms with Crippen LogP contribution in [-0.2, 0) is 14.3 Å². The highest BCUT2D eigenvalue weighted by molar-refractivity contribution is 7.16. The molecule has 0 spiro atoms. The number of hydrogen-bond donors (Lipinski definition) is 2. The molecule has 2 amide bonds. The minimum atomic E-state index is -0.575. The Morgan fingerprint density at radius 2 is 2.17 bits per heavy atom. The Bertz CT molecular complexity index is 925. The molecule has 1 aromatic carbocycles. The molecule has 0 radical (unpaired) electrons. The quantitative estimate of drug-likeness (QED) is 0.727. The van der Waals surface area contributed by atoms with Gasteiger partial charge in [-0.15, -0.1) is 0 Å². The fourth-order valence-electron chi connectivity index (χ4n) is 3.44. The summed E-state index contributed by atoms with van der Waals surface area (Å²) in [6, 6.07) is 5.46. The van der Waals surface area contributed by atoms with Gasteiger partial charge in [-0.2, -0.15) is 0 Å². The molecule has 2 aliphatic heterocycles. The number of primary amides is 1. The van der Waals surface area contributed by atoms with Crippen molar-refractivity contribution in [1.29, 1.82) is 0 Å². The van der Waals surface area contributed by atoms with Crippen LogP contribution in [0.3, 0.4) is 0 Å². The second-order valence-corrected chi connectivity index (χ2v) is 7.79. The molecule has 1 fully saturated rings. The van der Waals surface area contributed by atoms with Gasteiger partial charge >= 0.3 is 0 Å². The molecule has 10 heteroatoms. The van der Waals surface area contributed by atoms with Crippen molar-refractivity contribution in [2.45, 2.75) is 12.3 Å². The number of carbonyl (C=O) groups is 2. The van der Waals surface area contributed by atoms with Crippen molar-refractivity contribution in [1.82, 2.24) is 4.98 Å². The maximum Gasteiger partial charge on any atom is 0.255 e. The molecule has 3 heterocycles. The molecule has 9 nitrogen and oxygen atoms in total. The smallest absolute Gasteiger partial charge is 0.255 e. The van der Waals surface area contributed by atoms with Gasteiger partial charge in [0.1, 0.15) is 5.82 Å². The number of benzene rings is 1. The standard InChI is InChI=1S/C19H22N4O5S/c1-26-13-3-2-11(8-14(13)28-10-15(20)24)12-9-16(25)21-18-17(12)29-19(22-18)23-4-6-27-7-5-23/h2-3,8,12H,4-7,9-10H2,1H3,(H2,20,24)(H,21,25). The van der Waals surface area contributed by atoms with Crippen molar-refractivity contribution in [3.63, 3.8) is 0 Å². The van der Waals surface area contributed by atoms with E-state index in [2.05, 4.69) is 15.2 Å². The van der Waals surface area contributed by atoms with E-state index in [1.54, 1.807) is 23.5 Å². The van der Waals surface area contributed by atoms with Gasteiger partial charge in [0.2, 0.25) is 5.91 Å². The number of anilines is 2. The Morgan fingerprint density at radius 3 is 2.90 bits per heavy atom. The van der Waals surface area contributed by atoms with Crippen molar-refractivity contribution >= 4 is 34.1 Å². The number of nitrogens with two attached hydrogens (primary N) is 1. The number of ether oxygens (including phenoxy) is 3. The normalized spacial score (nSPS) is 18.7. The molecular formula is C19H22N4O5S. The Hall–Kier alpha value is -2.85. The number of morpholine rings is 1. The lowest BCUT2D eigenvalue weighted by Crippen LogP contribution is -2.36. The molecule has 1 saturated heterocycles. The fourth-order valence-corrected chi connectivity index (χ4v) is 4.64. The zero-order chi connectivity index (χ0) is 20.4. The summed E-state index contributed by atoms with van der Waals surface area (Å²) in [4.78, 5) is 31.2. The lowest BCUT2D eigenvalue weighted by Gasteiger charge is -2.26. The van der Waals surface area contributed by atoms with Crippen LogP contribution >= 0.6 is 11.3 Å². The predicted molar refractivity (Wildman–Crippen MR) is 108 cm³/mol. The summed E-state index contributed by atoms with van der Waals surface area (Å²) in [6.45, 7) is 2.63. The number of thiazole rings is 1. The summed E-state index contributed by atoms with van der Waals surface area (Å²) in [7, 11) is 1.52. The Balaban J connectivity index is 1.67. The van der Waals surface area contributed by atoms with Gasteiger partial charge in [-0.25, -0.2) is 4.98 Å². The average molecular weight is 418 g/mol. The molecule has 4 rings (SSSR count). The molecule has 0 aliphatic carbocycles. The first-order valence-electron chi connectivity index (χ1n) is 9.27. The summed E-state index contributed by atoms with van der Waals surface area (Å²) in [5, 5.41) is 3.76. The van der Waals surface area contributed by atoms with E-state index >= 15 is 0 Å². The van der Waals surface area contributed by atoms with Gasteiger partial charge in [0.15, 0.2) is 23.2 Å². The minimum absolute atomic E-state index is 0.0863. The molecule has 0 bridgehead atoms. The maximum atomic E-state index is 12.3. The minimum Gasteiger partial charge on any atom is -0.493 e. The highest BCUT2D eigenvalue weighted by Gasteiger charge is 2.32. The van der Waals surface area contributed by atoms with Gasteiger partial charge < -0.3 is 30.2 Å². The third-order valence-corrected chi connectivity index (χ3v) is 6.08. The number of fused-ring (bicyclic) bond motifs is 1. The van der Waals surface area contributed by atoms with Crippen molar-refractivity contribution in [3.05, 3.63) is 28.6 Å². The van der Waals surface area contributed by atoms with E-state index in [1.165, 1.54) is 7.11 Å². The van der Waals surface area contributed by atoms with Crippen LogP contribution in [0.4, 0.5) is 10.9 Å². The average Bonchev–Trinajstić information content (AvgIpc) is 3.16. The molecule has 3 N–H and O–H groups in total. The zero-order valence-corrected chi connectivity index (χ0v) is 16.8. The molecule has 2 aromatic rings. The molecule has 1 atom stereocenters. The third-order valence-electron chi connectivity index (χ3n) is 4.85. The Kier molecular flexibility index (Phi) is 5.54. The van der Waals surface area contributed by atoms with Gasteiger partial charge in [-0.1, -0.05) is 17.4 Å². The largest absolute Gasteiger partial charge is 0.493 e. The number of hydrogen-bond acceptors (Lipinski definition) is 8. The Morgan fingerprint density at radius 1 is 1.38 bits per heavy atom. The van der Waals surface area contributed by atoms with Crippen molar-refractivity contribution in [2.24, 2.45) is 5.73 Å². The van der Waals surface area contributed by atoms with E-state index in [4.69, 9.17) is 19.9 Å². The van der Waals surface area contributed by atoms with Gasteiger partial charge in [-0.3, -0.25) is 9.59 Å². The van der Waals surface area contributed by atoms with Crippen molar-refractivity contribution in [3.8, 4) is 11.5 Å². The fraction of sp³-hybridized carbons (Fsp3) is 0.421. The van der Waals surface area contributed by atoms with Crippen molar-refractivity contribution < 1.29 is 23.8 Å². The van der Waals surface area contributed by atoms with Crippen LogP contribution in [0.25, 0.3) is 0 Å². The molecule has 2 aliphatic rings. The van der Waals surface area contributed by atoms with E-state index in [9.17, 15) is 9.59 Å². The van der Waals surface area contributed by atoms with Crippen LogP contribution in [0.5, 0.6) is 11.5 Å². The lowest BCUT2D eigenvalue weighted by molar-refractivity contribution is -0.120. The number of nitrogens with one attached hydrogen (secondary N) is 1. The van der Waals surface area contributed by atoms with Gasteiger partial charge in [0.25, 0.3) is 5.91 Å². The van der Waals surface area contributed by atoms with Crippen LogP contribution in [0.2, 0.25) is 0 Å². The van der Waals surface area contributed by atoms with Crippen LogP contribution in [0.1, 0.15) is 22.8 Å². The maximum absolute atomic E-state index is 12.3.